The fourth-order valence-electron chi connectivity index (χ4n) is 2.37. The van der Waals surface area contributed by atoms with Crippen molar-refractivity contribution in [2.75, 3.05) is 18.5 Å². The maximum Gasteiger partial charge on any atom is 0.224 e. The van der Waals surface area contributed by atoms with E-state index in [4.69, 9.17) is 9.47 Å². The highest BCUT2D eigenvalue weighted by Gasteiger charge is 2.04. The molecule has 0 fully saturated rings. The van der Waals surface area contributed by atoms with Gasteiger partial charge in [0, 0.05) is 12.1 Å². The van der Waals surface area contributed by atoms with Gasteiger partial charge in [0.1, 0.15) is 11.5 Å². The van der Waals surface area contributed by atoms with E-state index < -0.39 is 0 Å². The molecular formula is C21H27NO3. The van der Waals surface area contributed by atoms with Crippen molar-refractivity contribution < 1.29 is 14.3 Å². The molecule has 4 nitrogen and oxygen atoms in total. The monoisotopic (exact) mass is 341 g/mol. The largest absolute Gasteiger partial charge is 0.494 e. The lowest BCUT2D eigenvalue weighted by molar-refractivity contribution is -0.116. The number of carbonyl (C=O) groups excluding carboxylic acids is 1. The molecule has 4 heteroatoms. The van der Waals surface area contributed by atoms with Gasteiger partial charge in [0.25, 0.3) is 0 Å². The van der Waals surface area contributed by atoms with Crippen LogP contribution < -0.4 is 14.8 Å². The fourth-order valence-corrected chi connectivity index (χ4v) is 2.37. The van der Waals surface area contributed by atoms with E-state index >= 15 is 0 Å². The molecule has 1 N–H and O–H groups in total. The van der Waals surface area contributed by atoms with E-state index in [0.29, 0.717) is 19.4 Å². The quantitative estimate of drug-likeness (QED) is 0.629. The topological polar surface area (TPSA) is 47.6 Å². The van der Waals surface area contributed by atoms with Gasteiger partial charge in [-0.25, -0.2) is 0 Å². The highest BCUT2D eigenvalue weighted by molar-refractivity contribution is 5.90. The highest BCUT2D eigenvalue weighted by Crippen LogP contribution is 2.17. The summed E-state index contributed by atoms with van der Waals surface area (Å²) in [5.41, 5.74) is 1.91. The minimum Gasteiger partial charge on any atom is -0.494 e. The molecule has 2 aromatic carbocycles. The Labute approximate surface area is 150 Å². The van der Waals surface area contributed by atoms with Crippen LogP contribution in [0, 0.1) is 0 Å². The first-order valence-corrected chi connectivity index (χ1v) is 8.95. The summed E-state index contributed by atoms with van der Waals surface area (Å²) in [4.78, 5) is 12.1. The van der Waals surface area contributed by atoms with Crippen LogP contribution >= 0.6 is 0 Å². The average Bonchev–Trinajstić information content (AvgIpc) is 2.63. The summed E-state index contributed by atoms with van der Waals surface area (Å²) in [6.07, 6.45) is 3.31. The second-order valence-corrected chi connectivity index (χ2v) is 5.85. The van der Waals surface area contributed by atoms with Crippen LogP contribution in [0.25, 0.3) is 0 Å². The van der Waals surface area contributed by atoms with Gasteiger partial charge >= 0.3 is 0 Å². The van der Waals surface area contributed by atoms with E-state index in [-0.39, 0.29) is 5.91 Å². The van der Waals surface area contributed by atoms with Crippen molar-refractivity contribution in [2.45, 2.75) is 39.5 Å². The van der Waals surface area contributed by atoms with Crippen LogP contribution in [0.15, 0.2) is 48.5 Å². The molecule has 2 aromatic rings. The van der Waals surface area contributed by atoms with Gasteiger partial charge in [-0.2, -0.15) is 0 Å². The highest BCUT2D eigenvalue weighted by atomic mass is 16.5. The fraction of sp³-hybridized carbons (Fsp3) is 0.381. The first kappa shape index (κ1) is 18.8. The zero-order valence-electron chi connectivity index (χ0n) is 15.1. The lowest BCUT2D eigenvalue weighted by Crippen LogP contribution is -2.12. The number of unbranched alkanes of at least 4 members (excludes halogenated alkanes) is 1. The number of amides is 1. The Morgan fingerprint density at radius 1 is 0.920 bits per heavy atom. The number of hydrogen-bond donors (Lipinski definition) is 1. The van der Waals surface area contributed by atoms with Crippen molar-refractivity contribution in [3.05, 3.63) is 54.1 Å². The van der Waals surface area contributed by atoms with E-state index in [1.807, 2.05) is 55.5 Å². The molecule has 0 unspecified atom stereocenters. The van der Waals surface area contributed by atoms with Crippen LogP contribution in [0.3, 0.4) is 0 Å². The summed E-state index contributed by atoms with van der Waals surface area (Å²) in [6, 6.07) is 15.4. The van der Waals surface area contributed by atoms with E-state index in [2.05, 4.69) is 12.2 Å². The maximum absolute atomic E-state index is 12.1. The van der Waals surface area contributed by atoms with Crippen molar-refractivity contribution in [1.82, 2.24) is 0 Å². The average molecular weight is 341 g/mol. The molecule has 0 saturated heterocycles. The molecule has 0 saturated carbocycles. The predicted molar refractivity (Wildman–Crippen MR) is 101 cm³/mol. The molecule has 25 heavy (non-hydrogen) atoms. The summed E-state index contributed by atoms with van der Waals surface area (Å²) in [7, 11) is 0. The molecule has 2 rings (SSSR count). The number of benzene rings is 2. The van der Waals surface area contributed by atoms with Gasteiger partial charge < -0.3 is 14.8 Å². The molecule has 0 aromatic heterocycles. The lowest BCUT2D eigenvalue weighted by Gasteiger charge is -2.08. The summed E-state index contributed by atoms with van der Waals surface area (Å²) in [6.45, 7) is 5.48. The first-order valence-electron chi connectivity index (χ1n) is 8.95. The number of anilines is 1. The van der Waals surface area contributed by atoms with Gasteiger partial charge in [-0.15, -0.1) is 0 Å². The minimum atomic E-state index is 0.00790. The molecule has 1 amide bonds. The van der Waals surface area contributed by atoms with Crippen LogP contribution in [-0.2, 0) is 11.2 Å². The molecule has 0 atom stereocenters. The Kier molecular flexibility index (Phi) is 7.83. The van der Waals surface area contributed by atoms with Gasteiger partial charge in [-0.1, -0.05) is 25.5 Å². The first-order chi connectivity index (χ1) is 12.2. The van der Waals surface area contributed by atoms with Gasteiger partial charge in [0.05, 0.1) is 13.2 Å². The number of hydrogen-bond acceptors (Lipinski definition) is 3. The predicted octanol–water partition coefficient (Wildman–Crippen LogP) is 4.84. The number of carbonyl (C=O) groups is 1. The Morgan fingerprint density at radius 2 is 1.56 bits per heavy atom. The lowest BCUT2D eigenvalue weighted by atomic mass is 10.1. The number of rotatable bonds is 10. The van der Waals surface area contributed by atoms with Crippen molar-refractivity contribution >= 4 is 11.6 Å². The SMILES string of the molecule is CCCCOc1ccc(NC(=O)CCc2ccc(OCC)cc2)cc1. The van der Waals surface area contributed by atoms with Gasteiger partial charge in [0.15, 0.2) is 0 Å². The van der Waals surface area contributed by atoms with E-state index in [1.54, 1.807) is 0 Å². The van der Waals surface area contributed by atoms with Crippen molar-refractivity contribution in [3.8, 4) is 11.5 Å². The smallest absolute Gasteiger partial charge is 0.224 e. The van der Waals surface area contributed by atoms with E-state index in [9.17, 15) is 4.79 Å². The summed E-state index contributed by atoms with van der Waals surface area (Å²) in [5.74, 6) is 1.70. The van der Waals surface area contributed by atoms with E-state index in [0.717, 1.165) is 42.2 Å². The maximum atomic E-state index is 12.1. The Bertz CT molecular complexity index is 635. The zero-order chi connectivity index (χ0) is 17.9. The Hall–Kier alpha value is -2.49. The zero-order valence-corrected chi connectivity index (χ0v) is 15.1. The third-order valence-electron chi connectivity index (χ3n) is 3.78. The van der Waals surface area contributed by atoms with Crippen molar-refractivity contribution in [1.29, 1.82) is 0 Å². The van der Waals surface area contributed by atoms with Crippen LogP contribution in [0.1, 0.15) is 38.7 Å². The van der Waals surface area contributed by atoms with Crippen LogP contribution in [0.2, 0.25) is 0 Å². The Balaban J connectivity index is 1.75. The standard InChI is InChI=1S/C21H27NO3/c1-3-5-16-25-20-13-9-18(10-14-20)22-21(23)15-8-17-6-11-19(12-7-17)24-4-2/h6-7,9-14H,3-5,8,15-16H2,1-2H3,(H,22,23). The summed E-state index contributed by atoms with van der Waals surface area (Å²) < 4.78 is 11.0. The van der Waals surface area contributed by atoms with E-state index in [1.165, 1.54) is 0 Å². The Morgan fingerprint density at radius 3 is 2.20 bits per heavy atom. The third-order valence-corrected chi connectivity index (χ3v) is 3.78. The normalized spacial score (nSPS) is 10.3. The number of aryl methyl sites for hydroxylation is 1. The van der Waals surface area contributed by atoms with Gasteiger partial charge in [-0.3, -0.25) is 4.79 Å². The molecule has 0 bridgehead atoms. The molecule has 134 valence electrons. The third kappa shape index (κ3) is 6.87. The van der Waals surface area contributed by atoms with Crippen LogP contribution in [-0.4, -0.2) is 19.1 Å². The molecule has 0 radical (unpaired) electrons. The molecule has 0 spiro atoms. The minimum absolute atomic E-state index is 0.00790. The summed E-state index contributed by atoms with van der Waals surface area (Å²) >= 11 is 0. The van der Waals surface area contributed by atoms with Crippen LogP contribution in [0.5, 0.6) is 11.5 Å². The molecule has 0 aliphatic rings. The second-order valence-electron chi connectivity index (χ2n) is 5.85. The summed E-state index contributed by atoms with van der Waals surface area (Å²) in [5, 5.41) is 2.92. The second kappa shape index (κ2) is 10.4. The van der Waals surface area contributed by atoms with Crippen molar-refractivity contribution in [3.63, 3.8) is 0 Å². The molecular weight excluding hydrogens is 314 g/mol. The van der Waals surface area contributed by atoms with Gasteiger partial charge in [-0.05, 0) is 61.7 Å². The number of nitrogens with one attached hydrogen (secondary N) is 1. The molecule has 0 heterocycles. The van der Waals surface area contributed by atoms with Gasteiger partial charge in [0.2, 0.25) is 5.91 Å². The number of ether oxygens (including phenoxy) is 2. The molecule has 0 aliphatic carbocycles. The van der Waals surface area contributed by atoms with Crippen molar-refractivity contribution in [2.24, 2.45) is 0 Å². The van der Waals surface area contributed by atoms with Crippen LogP contribution in [0.4, 0.5) is 5.69 Å². The molecule has 0 aliphatic heterocycles.